The summed E-state index contributed by atoms with van der Waals surface area (Å²) in [6.07, 6.45) is 1.64. The molecule has 0 aliphatic carbocycles. The van der Waals surface area contributed by atoms with Gasteiger partial charge >= 0.3 is 5.97 Å². The number of benzene rings is 1. The molecular formula is C19H27NO4. The van der Waals surface area contributed by atoms with E-state index in [9.17, 15) is 14.7 Å². The Kier molecular flexibility index (Phi) is 5.86. The molecule has 1 saturated heterocycles. The number of carbonyl (C=O) groups is 2. The highest BCUT2D eigenvalue weighted by Gasteiger charge is 2.39. The van der Waals surface area contributed by atoms with Crippen LogP contribution in [-0.2, 0) is 16.0 Å². The quantitative estimate of drug-likeness (QED) is 0.869. The van der Waals surface area contributed by atoms with Crippen molar-refractivity contribution in [3.05, 3.63) is 29.8 Å². The van der Waals surface area contributed by atoms with Crippen LogP contribution in [0, 0.1) is 11.3 Å². The lowest BCUT2D eigenvalue weighted by Gasteiger charge is -2.37. The Bertz CT molecular complexity index is 582. The summed E-state index contributed by atoms with van der Waals surface area (Å²) < 4.78 is 5.64. The molecular weight excluding hydrogens is 306 g/mol. The van der Waals surface area contributed by atoms with Crippen molar-refractivity contribution in [3.63, 3.8) is 0 Å². The second kappa shape index (κ2) is 7.69. The van der Waals surface area contributed by atoms with Gasteiger partial charge in [0.2, 0.25) is 5.91 Å². The predicted octanol–water partition coefficient (Wildman–Crippen LogP) is 2.98. The summed E-state index contributed by atoms with van der Waals surface area (Å²) in [6.45, 7) is 7.50. The zero-order valence-corrected chi connectivity index (χ0v) is 14.7. The van der Waals surface area contributed by atoms with E-state index in [0.717, 1.165) is 17.7 Å². The summed E-state index contributed by atoms with van der Waals surface area (Å²) in [5, 5.41) is 9.35. The summed E-state index contributed by atoms with van der Waals surface area (Å²) in [5.41, 5.74) is 0.0853. The first-order valence-corrected chi connectivity index (χ1v) is 8.53. The van der Waals surface area contributed by atoms with E-state index in [0.29, 0.717) is 31.9 Å². The van der Waals surface area contributed by atoms with Crippen LogP contribution in [0.5, 0.6) is 5.75 Å². The van der Waals surface area contributed by atoms with Gasteiger partial charge in [-0.15, -0.1) is 0 Å². The molecule has 5 heteroatoms. The molecule has 1 heterocycles. The Morgan fingerprint density at radius 3 is 2.54 bits per heavy atom. The molecule has 0 saturated carbocycles. The van der Waals surface area contributed by atoms with Crippen molar-refractivity contribution in [2.24, 2.45) is 11.3 Å². The number of carbonyl (C=O) groups excluding carboxylic acids is 1. The van der Waals surface area contributed by atoms with E-state index in [-0.39, 0.29) is 12.5 Å². The Morgan fingerprint density at radius 2 is 1.96 bits per heavy atom. The minimum Gasteiger partial charge on any atom is -0.493 e. The van der Waals surface area contributed by atoms with E-state index >= 15 is 0 Å². The van der Waals surface area contributed by atoms with Gasteiger partial charge in [0.25, 0.3) is 0 Å². The molecule has 0 bridgehead atoms. The van der Waals surface area contributed by atoms with Crippen LogP contribution in [0.4, 0.5) is 0 Å². The maximum absolute atomic E-state index is 12.5. The van der Waals surface area contributed by atoms with Gasteiger partial charge in [-0.1, -0.05) is 26.0 Å². The lowest BCUT2D eigenvalue weighted by Crippen LogP contribution is -2.48. The van der Waals surface area contributed by atoms with Crippen LogP contribution in [0.15, 0.2) is 24.3 Å². The average Bonchev–Trinajstić information content (AvgIpc) is 2.54. The Morgan fingerprint density at radius 1 is 1.29 bits per heavy atom. The fourth-order valence-electron chi connectivity index (χ4n) is 2.88. The summed E-state index contributed by atoms with van der Waals surface area (Å²) in [4.78, 5) is 25.6. The molecule has 1 atom stereocenters. The Balaban J connectivity index is 1.93. The number of carboxylic acids is 1. The van der Waals surface area contributed by atoms with E-state index in [1.165, 1.54) is 0 Å². The number of hydrogen-bond donors (Lipinski definition) is 1. The van der Waals surface area contributed by atoms with Gasteiger partial charge in [0.05, 0.1) is 18.4 Å². The van der Waals surface area contributed by atoms with E-state index in [4.69, 9.17) is 4.74 Å². The lowest BCUT2D eigenvalue weighted by molar-refractivity contribution is -0.153. The second-order valence-electron chi connectivity index (χ2n) is 7.31. The predicted molar refractivity (Wildman–Crippen MR) is 92.0 cm³/mol. The van der Waals surface area contributed by atoms with Crippen LogP contribution < -0.4 is 4.74 Å². The number of likely N-dealkylation sites (tertiary alicyclic amines) is 1. The number of rotatable bonds is 6. The number of aliphatic carboxylic acids is 1. The van der Waals surface area contributed by atoms with Crippen LogP contribution in [0.1, 0.15) is 39.2 Å². The molecule has 2 rings (SSSR count). The van der Waals surface area contributed by atoms with Gasteiger partial charge in [0.1, 0.15) is 5.75 Å². The van der Waals surface area contributed by atoms with E-state index < -0.39 is 11.4 Å². The molecule has 0 aromatic heterocycles. The van der Waals surface area contributed by atoms with Crippen molar-refractivity contribution in [1.82, 2.24) is 4.90 Å². The molecule has 0 radical (unpaired) electrons. The smallest absolute Gasteiger partial charge is 0.311 e. The van der Waals surface area contributed by atoms with Crippen molar-refractivity contribution >= 4 is 11.9 Å². The van der Waals surface area contributed by atoms with Crippen LogP contribution in [0.3, 0.4) is 0 Å². The van der Waals surface area contributed by atoms with Crippen LogP contribution in [-0.4, -0.2) is 41.6 Å². The highest BCUT2D eigenvalue weighted by Crippen LogP contribution is 2.30. The minimum atomic E-state index is -0.831. The maximum Gasteiger partial charge on any atom is 0.311 e. The summed E-state index contributed by atoms with van der Waals surface area (Å²) in [6, 6.07) is 7.55. The minimum absolute atomic E-state index is 0.0157. The zero-order valence-electron chi connectivity index (χ0n) is 14.7. The van der Waals surface area contributed by atoms with Crippen molar-refractivity contribution in [2.75, 3.05) is 19.7 Å². The molecule has 1 aliphatic heterocycles. The molecule has 1 amide bonds. The van der Waals surface area contributed by atoms with Crippen molar-refractivity contribution < 1.29 is 19.4 Å². The monoisotopic (exact) mass is 333 g/mol. The van der Waals surface area contributed by atoms with E-state index in [2.05, 4.69) is 13.8 Å². The second-order valence-corrected chi connectivity index (χ2v) is 7.31. The van der Waals surface area contributed by atoms with Gasteiger partial charge in [0.15, 0.2) is 0 Å². The normalized spacial score (nSPS) is 20.9. The number of nitrogens with zero attached hydrogens (tertiary/aromatic N) is 1. The molecule has 1 fully saturated rings. The third-order valence-electron chi connectivity index (χ3n) is 4.43. The van der Waals surface area contributed by atoms with Gasteiger partial charge in [-0.2, -0.15) is 0 Å². The van der Waals surface area contributed by atoms with Gasteiger partial charge in [-0.25, -0.2) is 0 Å². The van der Waals surface area contributed by atoms with E-state index in [1.807, 2.05) is 24.3 Å². The molecule has 0 spiro atoms. The Hall–Kier alpha value is -2.04. The highest BCUT2D eigenvalue weighted by atomic mass is 16.5. The third-order valence-corrected chi connectivity index (χ3v) is 4.43. The first-order valence-electron chi connectivity index (χ1n) is 8.53. The van der Waals surface area contributed by atoms with Crippen LogP contribution in [0.2, 0.25) is 0 Å². The summed E-state index contributed by atoms with van der Waals surface area (Å²) >= 11 is 0. The fraction of sp³-hybridized carbons (Fsp3) is 0.579. The fourth-order valence-corrected chi connectivity index (χ4v) is 2.88. The molecule has 1 aliphatic rings. The van der Waals surface area contributed by atoms with Crippen molar-refractivity contribution in [1.29, 1.82) is 0 Å². The SMILES string of the molecule is CC(C)COc1ccc(CC(=O)N2CCCC(C)(C(=O)O)C2)cc1. The molecule has 132 valence electrons. The highest BCUT2D eigenvalue weighted by molar-refractivity contribution is 5.81. The van der Waals surface area contributed by atoms with Gasteiger partial charge in [-0.3, -0.25) is 9.59 Å². The lowest BCUT2D eigenvalue weighted by atomic mass is 9.82. The number of hydrogen-bond acceptors (Lipinski definition) is 3. The zero-order chi connectivity index (χ0) is 17.7. The first-order chi connectivity index (χ1) is 11.3. The number of ether oxygens (including phenoxy) is 1. The topological polar surface area (TPSA) is 66.8 Å². The molecule has 1 unspecified atom stereocenters. The van der Waals surface area contributed by atoms with Crippen LogP contribution in [0.25, 0.3) is 0 Å². The number of carboxylic acid groups (broad SMARTS) is 1. The van der Waals surface area contributed by atoms with E-state index in [1.54, 1.807) is 11.8 Å². The third kappa shape index (κ3) is 4.73. The standard InChI is InChI=1S/C19H27NO4/c1-14(2)12-24-16-7-5-15(6-8-16)11-17(21)20-10-4-9-19(3,13-20)18(22)23/h5-8,14H,4,9-13H2,1-3H3,(H,22,23). The molecule has 1 aromatic rings. The van der Waals surface area contributed by atoms with Gasteiger partial charge in [0, 0.05) is 13.1 Å². The Labute approximate surface area is 143 Å². The maximum atomic E-state index is 12.5. The average molecular weight is 333 g/mol. The molecule has 1 aromatic carbocycles. The van der Waals surface area contributed by atoms with Crippen molar-refractivity contribution in [2.45, 2.75) is 40.0 Å². The largest absolute Gasteiger partial charge is 0.493 e. The van der Waals surface area contributed by atoms with Crippen molar-refractivity contribution in [3.8, 4) is 5.75 Å². The number of piperidine rings is 1. The molecule has 1 N–H and O–H groups in total. The first kappa shape index (κ1) is 18.3. The summed E-state index contributed by atoms with van der Waals surface area (Å²) in [5.74, 6) is 0.426. The van der Waals surface area contributed by atoms with Gasteiger partial charge < -0.3 is 14.7 Å². The summed E-state index contributed by atoms with van der Waals surface area (Å²) in [7, 11) is 0. The number of amides is 1. The van der Waals surface area contributed by atoms with Gasteiger partial charge in [-0.05, 0) is 43.4 Å². The molecule has 5 nitrogen and oxygen atoms in total. The van der Waals surface area contributed by atoms with Crippen LogP contribution >= 0.6 is 0 Å². The molecule has 24 heavy (non-hydrogen) atoms.